The van der Waals surface area contributed by atoms with Crippen LogP contribution >= 0.6 is 0 Å². The van der Waals surface area contributed by atoms with Crippen LogP contribution < -0.4 is 0 Å². The van der Waals surface area contributed by atoms with Crippen molar-refractivity contribution in [2.24, 2.45) is 7.05 Å². The van der Waals surface area contributed by atoms with Gasteiger partial charge in [0.15, 0.2) is 6.29 Å². The van der Waals surface area contributed by atoms with E-state index >= 15 is 0 Å². The first-order chi connectivity index (χ1) is 6.31. The summed E-state index contributed by atoms with van der Waals surface area (Å²) < 4.78 is 1.67. The minimum Gasteiger partial charge on any atom is -0.298 e. The molecule has 0 spiro atoms. The predicted molar refractivity (Wildman–Crippen MR) is 46.2 cm³/mol. The zero-order valence-corrected chi connectivity index (χ0v) is 7.06. The number of aldehydes is 1. The number of carbonyl (C=O) groups excluding carboxylic acids is 1. The molecule has 13 heavy (non-hydrogen) atoms. The van der Waals surface area contributed by atoms with Crippen LogP contribution in [0.2, 0.25) is 0 Å². The number of aromatic amines is 1. The van der Waals surface area contributed by atoms with Crippen molar-refractivity contribution in [3.05, 3.63) is 24.2 Å². The SMILES string of the molecule is Cn1cc(-c2[nH]ncc2C=O)cn1. The fourth-order valence-corrected chi connectivity index (χ4v) is 1.17. The molecule has 0 saturated heterocycles. The molecule has 5 heteroatoms. The first-order valence-corrected chi connectivity index (χ1v) is 3.79. The highest BCUT2D eigenvalue weighted by atomic mass is 16.1. The number of nitrogens with one attached hydrogen (secondary N) is 1. The van der Waals surface area contributed by atoms with Crippen LogP contribution in [0.4, 0.5) is 0 Å². The largest absolute Gasteiger partial charge is 0.298 e. The average molecular weight is 176 g/mol. The van der Waals surface area contributed by atoms with Gasteiger partial charge < -0.3 is 0 Å². The van der Waals surface area contributed by atoms with Gasteiger partial charge in [-0.15, -0.1) is 0 Å². The van der Waals surface area contributed by atoms with Crippen LogP contribution in [0.15, 0.2) is 18.6 Å². The third-order valence-corrected chi connectivity index (χ3v) is 1.79. The van der Waals surface area contributed by atoms with Crippen LogP contribution in [0.5, 0.6) is 0 Å². The van der Waals surface area contributed by atoms with Gasteiger partial charge >= 0.3 is 0 Å². The number of hydrogen-bond donors (Lipinski definition) is 1. The van der Waals surface area contributed by atoms with Crippen molar-refractivity contribution in [1.82, 2.24) is 20.0 Å². The Labute approximate surface area is 74.4 Å². The normalized spacial score (nSPS) is 10.2. The predicted octanol–water partition coefficient (Wildman–Crippen LogP) is 0.623. The van der Waals surface area contributed by atoms with Gasteiger partial charge in [-0.05, 0) is 0 Å². The lowest BCUT2D eigenvalue weighted by atomic mass is 10.2. The number of nitrogens with zero attached hydrogens (tertiary/aromatic N) is 3. The molecule has 2 aromatic heterocycles. The van der Waals surface area contributed by atoms with E-state index in [1.807, 2.05) is 13.2 Å². The number of rotatable bonds is 2. The van der Waals surface area contributed by atoms with E-state index in [4.69, 9.17) is 0 Å². The van der Waals surface area contributed by atoms with Crippen molar-refractivity contribution in [2.75, 3.05) is 0 Å². The summed E-state index contributed by atoms with van der Waals surface area (Å²) in [6.07, 6.45) is 5.77. The molecule has 0 aromatic carbocycles. The molecule has 0 atom stereocenters. The minimum atomic E-state index is 0.549. The molecule has 0 aliphatic carbocycles. The van der Waals surface area contributed by atoms with E-state index in [1.54, 1.807) is 10.9 Å². The second kappa shape index (κ2) is 2.85. The molecule has 0 aliphatic rings. The van der Waals surface area contributed by atoms with Crippen LogP contribution in [0.3, 0.4) is 0 Å². The third kappa shape index (κ3) is 1.24. The van der Waals surface area contributed by atoms with E-state index in [2.05, 4.69) is 15.3 Å². The van der Waals surface area contributed by atoms with Crippen LogP contribution in [-0.4, -0.2) is 26.3 Å². The van der Waals surface area contributed by atoms with Gasteiger partial charge in [0.1, 0.15) is 0 Å². The molecule has 66 valence electrons. The number of carbonyl (C=O) groups is 1. The Morgan fingerprint density at radius 1 is 1.54 bits per heavy atom. The molecule has 0 amide bonds. The molecule has 0 unspecified atom stereocenters. The van der Waals surface area contributed by atoms with Crippen LogP contribution in [0.25, 0.3) is 11.3 Å². The molecule has 1 N–H and O–H groups in total. The Morgan fingerprint density at radius 2 is 2.38 bits per heavy atom. The second-order valence-corrected chi connectivity index (χ2v) is 2.72. The molecule has 5 nitrogen and oxygen atoms in total. The lowest BCUT2D eigenvalue weighted by Gasteiger charge is -1.90. The van der Waals surface area contributed by atoms with Crippen molar-refractivity contribution in [2.45, 2.75) is 0 Å². The lowest BCUT2D eigenvalue weighted by molar-refractivity contribution is 0.112. The Kier molecular flexibility index (Phi) is 1.70. The summed E-state index contributed by atoms with van der Waals surface area (Å²) in [6.45, 7) is 0. The Morgan fingerprint density at radius 3 is 3.00 bits per heavy atom. The standard InChI is InChI=1S/C8H8N4O/c1-12-4-6(3-10-12)8-7(5-13)2-9-11-8/h2-5H,1H3,(H,9,11). The molecular weight excluding hydrogens is 168 g/mol. The zero-order chi connectivity index (χ0) is 9.26. The Hall–Kier alpha value is -1.91. The maximum absolute atomic E-state index is 10.6. The summed E-state index contributed by atoms with van der Waals surface area (Å²) in [5.74, 6) is 0. The Balaban J connectivity index is 2.51. The number of aryl methyl sites for hydroxylation is 1. The summed E-state index contributed by atoms with van der Waals surface area (Å²) in [5, 5.41) is 10.5. The fourth-order valence-electron chi connectivity index (χ4n) is 1.17. The molecule has 2 aromatic rings. The zero-order valence-electron chi connectivity index (χ0n) is 7.06. The van der Waals surface area contributed by atoms with Crippen molar-refractivity contribution < 1.29 is 4.79 Å². The van der Waals surface area contributed by atoms with Gasteiger partial charge in [-0.25, -0.2) is 0 Å². The number of aromatic nitrogens is 4. The van der Waals surface area contributed by atoms with Gasteiger partial charge in [0, 0.05) is 18.8 Å². The van der Waals surface area contributed by atoms with Gasteiger partial charge in [-0.2, -0.15) is 10.2 Å². The second-order valence-electron chi connectivity index (χ2n) is 2.72. The highest BCUT2D eigenvalue weighted by molar-refractivity contribution is 5.84. The third-order valence-electron chi connectivity index (χ3n) is 1.79. The van der Waals surface area contributed by atoms with Crippen molar-refractivity contribution in [1.29, 1.82) is 0 Å². The molecule has 0 aliphatic heterocycles. The summed E-state index contributed by atoms with van der Waals surface area (Å²) in [4.78, 5) is 10.6. The van der Waals surface area contributed by atoms with Crippen LogP contribution in [0, 0.1) is 0 Å². The minimum absolute atomic E-state index is 0.549. The fraction of sp³-hybridized carbons (Fsp3) is 0.125. The Bertz CT molecular complexity index is 429. The van der Waals surface area contributed by atoms with E-state index in [0.717, 1.165) is 11.8 Å². The molecule has 0 radical (unpaired) electrons. The summed E-state index contributed by atoms with van der Waals surface area (Å²) in [5.41, 5.74) is 2.12. The van der Waals surface area contributed by atoms with E-state index in [-0.39, 0.29) is 0 Å². The first kappa shape index (κ1) is 7.72. The highest BCUT2D eigenvalue weighted by Gasteiger charge is 2.07. The van der Waals surface area contributed by atoms with Gasteiger partial charge in [0.05, 0.1) is 23.7 Å². The quantitative estimate of drug-likeness (QED) is 0.682. The van der Waals surface area contributed by atoms with Crippen molar-refractivity contribution in [3.8, 4) is 11.3 Å². The smallest absolute Gasteiger partial charge is 0.153 e. The van der Waals surface area contributed by atoms with E-state index in [0.29, 0.717) is 11.3 Å². The maximum Gasteiger partial charge on any atom is 0.153 e. The molecule has 2 heterocycles. The van der Waals surface area contributed by atoms with Crippen LogP contribution in [0.1, 0.15) is 10.4 Å². The average Bonchev–Trinajstić information content (AvgIpc) is 2.71. The summed E-state index contributed by atoms with van der Waals surface area (Å²) in [7, 11) is 1.82. The monoisotopic (exact) mass is 176 g/mol. The van der Waals surface area contributed by atoms with Crippen molar-refractivity contribution >= 4 is 6.29 Å². The lowest BCUT2D eigenvalue weighted by Crippen LogP contribution is -1.85. The maximum atomic E-state index is 10.6. The van der Waals surface area contributed by atoms with Gasteiger partial charge in [0.2, 0.25) is 0 Å². The molecule has 0 bridgehead atoms. The van der Waals surface area contributed by atoms with Crippen molar-refractivity contribution in [3.63, 3.8) is 0 Å². The van der Waals surface area contributed by atoms with E-state index in [9.17, 15) is 4.79 Å². The first-order valence-electron chi connectivity index (χ1n) is 3.79. The number of H-pyrrole nitrogens is 1. The topological polar surface area (TPSA) is 63.6 Å². The van der Waals surface area contributed by atoms with Gasteiger partial charge in [-0.3, -0.25) is 14.6 Å². The molecule has 0 saturated carbocycles. The summed E-state index contributed by atoms with van der Waals surface area (Å²) in [6, 6.07) is 0. The highest BCUT2D eigenvalue weighted by Crippen LogP contribution is 2.17. The summed E-state index contributed by atoms with van der Waals surface area (Å²) >= 11 is 0. The van der Waals surface area contributed by atoms with E-state index in [1.165, 1.54) is 6.20 Å². The molecule has 2 rings (SSSR count). The molecule has 0 fully saturated rings. The van der Waals surface area contributed by atoms with Gasteiger partial charge in [0.25, 0.3) is 0 Å². The van der Waals surface area contributed by atoms with Crippen LogP contribution in [-0.2, 0) is 7.05 Å². The number of hydrogen-bond acceptors (Lipinski definition) is 3. The van der Waals surface area contributed by atoms with Gasteiger partial charge in [-0.1, -0.05) is 0 Å². The van der Waals surface area contributed by atoms with E-state index < -0.39 is 0 Å². The molecular formula is C8H8N4O.